The van der Waals surface area contributed by atoms with Crippen molar-refractivity contribution in [2.24, 2.45) is 9.98 Å². The second-order valence-corrected chi connectivity index (χ2v) is 7.12. The number of nitrogens with zero attached hydrogens (tertiary/aromatic N) is 2. The molecule has 0 saturated carbocycles. The van der Waals surface area contributed by atoms with Crippen molar-refractivity contribution in [3.05, 3.63) is 78.4 Å². The van der Waals surface area contributed by atoms with E-state index < -0.39 is 0 Å². The smallest absolute Gasteiger partial charge is 0.129 e. The van der Waals surface area contributed by atoms with Crippen molar-refractivity contribution in [3.63, 3.8) is 0 Å². The van der Waals surface area contributed by atoms with Crippen LogP contribution >= 0.6 is 11.8 Å². The number of para-hydroxylation sites is 1. The topological polar surface area (TPSA) is 43.2 Å². The number of hydrogen-bond donors (Lipinski definition) is 0. The Kier molecular flexibility index (Phi) is 5.44. The first-order valence-corrected chi connectivity index (χ1v) is 10.2. The lowest BCUT2D eigenvalue weighted by atomic mass is 10.1. The molecule has 0 aliphatic carbocycles. The molecule has 140 valence electrons. The average molecular weight is 388 g/mol. The van der Waals surface area contributed by atoms with E-state index in [0.29, 0.717) is 6.42 Å². The second-order valence-electron chi connectivity index (χ2n) is 6.24. The molecule has 1 aliphatic heterocycles. The van der Waals surface area contributed by atoms with Gasteiger partial charge in [-0.15, -0.1) is 11.8 Å². The molecule has 0 N–H and O–H groups in total. The fourth-order valence-electron chi connectivity index (χ4n) is 2.95. The third kappa shape index (κ3) is 4.10. The zero-order valence-electron chi connectivity index (χ0n) is 15.8. The quantitative estimate of drug-likeness (QED) is 0.519. The molecule has 0 radical (unpaired) electrons. The van der Waals surface area contributed by atoms with Crippen LogP contribution in [0.15, 0.2) is 82.8 Å². The number of ether oxygens (including phenoxy) is 2. The fourth-order valence-corrected chi connectivity index (χ4v) is 3.42. The van der Waals surface area contributed by atoms with Gasteiger partial charge in [0.05, 0.1) is 29.2 Å². The zero-order valence-corrected chi connectivity index (χ0v) is 16.6. The molecule has 0 amide bonds. The zero-order chi connectivity index (χ0) is 19.3. The van der Waals surface area contributed by atoms with E-state index in [1.807, 2.05) is 79.1 Å². The molecular formula is C23H20N2O2S. The standard InChI is InChI=1S/C23H20N2O2S/c1-26-17-10-8-16(9-11-17)21-15-23(28-2)25-20-13-12-19(14-22(20)24-21)27-18-6-4-3-5-7-18/h3-14H,15H2,1-2H3. The van der Waals surface area contributed by atoms with E-state index in [1.165, 1.54) is 0 Å². The van der Waals surface area contributed by atoms with Crippen molar-refractivity contribution in [1.29, 1.82) is 0 Å². The number of benzene rings is 3. The number of fused-ring (bicyclic) bond motifs is 1. The highest BCUT2D eigenvalue weighted by atomic mass is 32.2. The monoisotopic (exact) mass is 388 g/mol. The molecule has 0 saturated heterocycles. The van der Waals surface area contributed by atoms with Crippen LogP contribution in [-0.4, -0.2) is 24.1 Å². The molecule has 0 atom stereocenters. The molecule has 4 rings (SSSR count). The summed E-state index contributed by atoms with van der Waals surface area (Å²) in [6, 6.07) is 23.5. The molecule has 1 aliphatic rings. The van der Waals surface area contributed by atoms with E-state index in [2.05, 4.69) is 0 Å². The first kappa shape index (κ1) is 18.3. The van der Waals surface area contributed by atoms with E-state index in [-0.39, 0.29) is 0 Å². The van der Waals surface area contributed by atoms with Gasteiger partial charge in [0.1, 0.15) is 17.2 Å². The van der Waals surface area contributed by atoms with Crippen LogP contribution in [0.1, 0.15) is 12.0 Å². The molecular weight excluding hydrogens is 368 g/mol. The van der Waals surface area contributed by atoms with Crippen LogP contribution < -0.4 is 9.47 Å². The van der Waals surface area contributed by atoms with Gasteiger partial charge in [-0.05, 0) is 60.4 Å². The van der Waals surface area contributed by atoms with Gasteiger partial charge in [-0.2, -0.15) is 0 Å². The van der Waals surface area contributed by atoms with E-state index in [0.717, 1.165) is 44.9 Å². The molecule has 0 spiro atoms. The lowest BCUT2D eigenvalue weighted by Crippen LogP contribution is -2.05. The number of methoxy groups -OCH3 is 1. The normalized spacial score (nSPS) is 13.1. The van der Waals surface area contributed by atoms with E-state index >= 15 is 0 Å². The summed E-state index contributed by atoms with van der Waals surface area (Å²) in [4.78, 5) is 9.73. The van der Waals surface area contributed by atoms with Crippen LogP contribution in [0, 0.1) is 0 Å². The van der Waals surface area contributed by atoms with Gasteiger partial charge >= 0.3 is 0 Å². The molecule has 1 heterocycles. The van der Waals surface area contributed by atoms with Gasteiger partial charge in [-0.25, -0.2) is 9.98 Å². The summed E-state index contributed by atoms with van der Waals surface area (Å²) in [6.07, 6.45) is 2.74. The summed E-state index contributed by atoms with van der Waals surface area (Å²) in [7, 11) is 1.67. The van der Waals surface area contributed by atoms with Crippen molar-refractivity contribution in [2.75, 3.05) is 13.4 Å². The van der Waals surface area contributed by atoms with Crippen LogP contribution in [0.4, 0.5) is 11.4 Å². The van der Waals surface area contributed by atoms with Crippen LogP contribution in [0.25, 0.3) is 0 Å². The highest BCUT2D eigenvalue weighted by molar-refractivity contribution is 8.13. The number of rotatable bonds is 4. The minimum atomic E-state index is 0.692. The van der Waals surface area contributed by atoms with E-state index in [9.17, 15) is 0 Å². The lowest BCUT2D eigenvalue weighted by molar-refractivity contribution is 0.415. The van der Waals surface area contributed by atoms with Gasteiger partial charge in [-0.3, -0.25) is 0 Å². The lowest BCUT2D eigenvalue weighted by Gasteiger charge is -2.08. The van der Waals surface area contributed by atoms with Crippen molar-refractivity contribution in [2.45, 2.75) is 6.42 Å². The van der Waals surface area contributed by atoms with Crippen molar-refractivity contribution >= 4 is 33.9 Å². The molecule has 3 aromatic carbocycles. The third-order valence-electron chi connectivity index (χ3n) is 4.40. The predicted molar refractivity (Wildman–Crippen MR) is 117 cm³/mol. The molecule has 4 nitrogen and oxygen atoms in total. The number of hydrogen-bond acceptors (Lipinski definition) is 5. The van der Waals surface area contributed by atoms with Gasteiger partial charge in [0.2, 0.25) is 0 Å². The third-order valence-corrected chi connectivity index (χ3v) is 5.11. The second kappa shape index (κ2) is 8.31. The molecule has 0 aromatic heterocycles. The molecule has 28 heavy (non-hydrogen) atoms. The van der Waals surface area contributed by atoms with Gasteiger partial charge in [0.15, 0.2) is 0 Å². The maximum Gasteiger partial charge on any atom is 0.129 e. The summed E-state index contributed by atoms with van der Waals surface area (Å²) < 4.78 is 11.2. The van der Waals surface area contributed by atoms with Crippen LogP contribution in [0.2, 0.25) is 0 Å². The van der Waals surface area contributed by atoms with Crippen LogP contribution in [0.3, 0.4) is 0 Å². The SMILES string of the molecule is COc1ccc(C2=Nc3cc(Oc4ccccc4)ccc3N=C(SC)C2)cc1. The van der Waals surface area contributed by atoms with Crippen molar-refractivity contribution in [1.82, 2.24) is 0 Å². The highest BCUT2D eigenvalue weighted by Gasteiger charge is 2.15. The fraction of sp³-hybridized carbons (Fsp3) is 0.130. The van der Waals surface area contributed by atoms with Gasteiger partial charge in [-0.1, -0.05) is 18.2 Å². The Morgan fingerprint density at radius 1 is 0.786 bits per heavy atom. The molecule has 0 fully saturated rings. The number of aliphatic imine (C=N–C) groups is 2. The minimum absolute atomic E-state index is 0.692. The van der Waals surface area contributed by atoms with Crippen LogP contribution in [0.5, 0.6) is 17.2 Å². The average Bonchev–Trinajstić information content (AvgIpc) is 2.93. The van der Waals surface area contributed by atoms with Crippen LogP contribution in [-0.2, 0) is 0 Å². The Hall–Kier alpha value is -3.05. The minimum Gasteiger partial charge on any atom is -0.497 e. The highest BCUT2D eigenvalue weighted by Crippen LogP contribution is 2.37. The Morgan fingerprint density at radius 2 is 1.54 bits per heavy atom. The van der Waals surface area contributed by atoms with E-state index in [4.69, 9.17) is 19.5 Å². The molecule has 5 heteroatoms. The first-order valence-electron chi connectivity index (χ1n) is 8.95. The maximum absolute atomic E-state index is 5.97. The Morgan fingerprint density at radius 3 is 2.25 bits per heavy atom. The first-order chi connectivity index (χ1) is 13.7. The van der Waals surface area contributed by atoms with Gasteiger partial charge in [0.25, 0.3) is 0 Å². The Bertz CT molecular complexity index is 1030. The van der Waals surface area contributed by atoms with Gasteiger partial charge in [0, 0.05) is 12.5 Å². The van der Waals surface area contributed by atoms with E-state index in [1.54, 1.807) is 18.9 Å². The summed E-state index contributed by atoms with van der Waals surface area (Å²) >= 11 is 1.65. The van der Waals surface area contributed by atoms with Crippen molar-refractivity contribution < 1.29 is 9.47 Å². The molecule has 0 bridgehead atoms. The Labute approximate surface area is 169 Å². The Balaban J connectivity index is 1.72. The summed E-state index contributed by atoms with van der Waals surface area (Å²) in [6.45, 7) is 0. The molecule has 0 unspecified atom stereocenters. The van der Waals surface area contributed by atoms with Crippen molar-refractivity contribution in [3.8, 4) is 17.2 Å². The summed E-state index contributed by atoms with van der Waals surface area (Å²) in [5, 5.41) is 1.03. The molecule has 3 aromatic rings. The predicted octanol–water partition coefficient (Wildman–Crippen LogP) is 6.41. The largest absolute Gasteiger partial charge is 0.497 e. The van der Waals surface area contributed by atoms with Gasteiger partial charge < -0.3 is 9.47 Å². The number of thioether (sulfide) groups is 1. The maximum atomic E-state index is 5.97. The summed E-state index contributed by atoms with van der Waals surface area (Å²) in [5.74, 6) is 2.37. The summed E-state index contributed by atoms with van der Waals surface area (Å²) in [5.41, 5.74) is 3.70.